The first-order valence-corrected chi connectivity index (χ1v) is 6.35. The smallest absolute Gasteiger partial charge is 0.318 e. The van der Waals surface area contributed by atoms with Gasteiger partial charge in [0.25, 0.3) is 0 Å². The second-order valence-electron chi connectivity index (χ2n) is 5.19. The topological polar surface area (TPSA) is 78.9 Å². The number of carbonyl (C=O) groups is 2. The van der Waals surface area contributed by atoms with Crippen molar-refractivity contribution in [1.82, 2.24) is 10.2 Å². The molecule has 2 aliphatic rings. The predicted molar refractivity (Wildman–Crippen MR) is 64.3 cm³/mol. The number of carboxylic acid groups (broad SMARTS) is 1. The van der Waals surface area contributed by atoms with Crippen LogP contribution >= 0.6 is 0 Å². The van der Waals surface area contributed by atoms with Gasteiger partial charge in [-0.25, -0.2) is 4.79 Å². The number of nitrogens with zero attached hydrogens (tertiary/aromatic N) is 1. The molecule has 0 aromatic carbocycles. The van der Waals surface area contributed by atoms with Gasteiger partial charge in [0.1, 0.15) is 0 Å². The Morgan fingerprint density at radius 3 is 2.78 bits per heavy atom. The average molecular weight is 256 g/mol. The normalized spacial score (nSPS) is 31.4. The lowest BCUT2D eigenvalue weighted by Gasteiger charge is -2.25. The fraction of sp³-hybridized carbons (Fsp3) is 0.833. The molecule has 2 fully saturated rings. The number of nitrogens with one attached hydrogen (secondary N) is 1. The van der Waals surface area contributed by atoms with Crippen molar-refractivity contribution in [3.63, 3.8) is 0 Å². The summed E-state index contributed by atoms with van der Waals surface area (Å²) in [5.74, 6) is -1.18. The van der Waals surface area contributed by atoms with Crippen LogP contribution < -0.4 is 5.32 Å². The molecule has 4 unspecified atom stereocenters. The molecule has 102 valence electrons. The van der Waals surface area contributed by atoms with E-state index in [1.807, 2.05) is 6.92 Å². The molecule has 2 amide bonds. The van der Waals surface area contributed by atoms with Crippen LogP contribution in [0.2, 0.25) is 0 Å². The van der Waals surface area contributed by atoms with Gasteiger partial charge in [0.15, 0.2) is 0 Å². The summed E-state index contributed by atoms with van der Waals surface area (Å²) in [6.45, 7) is 2.32. The van der Waals surface area contributed by atoms with E-state index in [1.54, 1.807) is 12.0 Å². The third kappa shape index (κ3) is 2.29. The molecule has 4 atom stereocenters. The van der Waals surface area contributed by atoms with Crippen LogP contribution in [0.3, 0.4) is 0 Å². The van der Waals surface area contributed by atoms with Crippen molar-refractivity contribution in [2.75, 3.05) is 13.7 Å². The van der Waals surface area contributed by atoms with Crippen LogP contribution in [-0.4, -0.2) is 53.8 Å². The van der Waals surface area contributed by atoms with E-state index in [-0.39, 0.29) is 24.2 Å². The number of rotatable bonds is 4. The van der Waals surface area contributed by atoms with Gasteiger partial charge in [-0.05, 0) is 26.2 Å². The van der Waals surface area contributed by atoms with Gasteiger partial charge in [-0.15, -0.1) is 0 Å². The number of fused-ring (bicyclic) bond motifs is 2. The summed E-state index contributed by atoms with van der Waals surface area (Å²) in [6.07, 6.45) is 2.31. The first kappa shape index (κ1) is 13.1. The van der Waals surface area contributed by atoms with Crippen LogP contribution in [0.25, 0.3) is 0 Å². The first-order valence-electron chi connectivity index (χ1n) is 6.35. The minimum Gasteiger partial charge on any atom is -0.481 e. The number of hydrogen-bond acceptors (Lipinski definition) is 3. The molecule has 0 radical (unpaired) electrons. The predicted octanol–water partition coefficient (Wildman–Crippen LogP) is 0.668. The molecule has 2 N–H and O–H groups in total. The SMILES string of the molecule is COCC(C)NC(=O)N1C2CCC1C(C(=O)O)C2. The number of hydrogen-bond donors (Lipinski definition) is 2. The molecule has 0 aromatic heterocycles. The van der Waals surface area contributed by atoms with Crippen molar-refractivity contribution in [2.45, 2.75) is 44.3 Å². The molecule has 2 heterocycles. The summed E-state index contributed by atoms with van der Waals surface area (Å²) in [4.78, 5) is 25.0. The van der Waals surface area contributed by atoms with Gasteiger partial charge in [-0.1, -0.05) is 0 Å². The van der Waals surface area contributed by atoms with Crippen LogP contribution in [0.5, 0.6) is 0 Å². The Morgan fingerprint density at radius 1 is 1.50 bits per heavy atom. The Labute approximate surface area is 106 Å². The van der Waals surface area contributed by atoms with E-state index in [0.717, 1.165) is 12.8 Å². The van der Waals surface area contributed by atoms with Gasteiger partial charge in [0, 0.05) is 19.2 Å². The van der Waals surface area contributed by atoms with Crippen LogP contribution in [0.15, 0.2) is 0 Å². The van der Waals surface area contributed by atoms with E-state index in [4.69, 9.17) is 9.84 Å². The van der Waals surface area contributed by atoms with Crippen LogP contribution in [0, 0.1) is 5.92 Å². The Kier molecular flexibility index (Phi) is 3.75. The Morgan fingerprint density at radius 2 is 2.22 bits per heavy atom. The minimum atomic E-state index is -0.787. The molecule has 2 bridgehead atoms. The van der Waals surface area contributed by atoms with Crippen molar-refractivity contribution in [3.8, 4) is 0 Å². The lowest BCUT2D eigenvalue weighted by Crippen LogP contribution is -2.48. The zero-order chi connectivity index (χ0) is 13.3. The summed E-state index contributed by atoms with van der Waals surface area (Å²) in [5.41, 5.74) is 0. The number of urea groups is 1. The minimum absolute atomic E-state index is 0.0641. The quantitative estimate of drug-likeness (QED) is 0.775. The lowest BCUT2D eigenvalue weighted by molar-refractivity contribution is -0.142. The van der Waals surface area contributed by atoms with E-state index >= 15 is 0 Å². The van der Waals surface area contributed by atoms with E-state index in [0.29, 0.717) is 13.0 Å². The highest BCUT2D eigenvalue weighted by Crippen LogP contribution is 2.41. The van der Waals surface area contributed by atoms with E-state index in [1.165, 1.54) is 0 Å². The van der Waals surface area contributed by atoms with Gasteiger partial charge in [0.05, 0.1) is 18.6 Å². The maximum Gasteiger partial charge on any atom is 0.318 e. The number of carboxylic acids is 1. The van der Waals surface area contributed by atoms with E-state index in [2.05, 4.69) is 5.32 Å². The monoisotopic (exact) mass is 256 g/mol. The van der Waals surface area contributed by atoms with Gasteiger partial charge in [0.2, 0.25) is 0 Å². The van der Waals surface area contributed by atoms with E-state index in [9.17, 15) is 9.59 Å². The summed E-state index contributed by atoms with van der Waals surface area (Å²) in [6, 6.07) is -0.269. The van der Waals surface area contributed by atoms with Gasteiger partial charge < -0.3 is 20.1 Å². The van der Waals surface area contributed by atoms with Crippen LogP contribution in [0.1, 0.15) is 26.2 Å². The Balaban J connectivity index is 1.97. The molecule has 2 saturated heterocycles. The molecular formula is C12H20N2O4. The molecule has 18 heavy (non-hydrogen) atoms. The fourth-order valence-corrected chi connectivity index (χ4v) is 3.15. The van der Waals surface area contributed by atoms with Crippen molar-refractivity contribution in [1.29, 1.82) is 0 Å². The maximum atomic E-state index is 12.1. The van der Waals surface area contributed by atoms with Crippen molar-refractivity contribution in [2.24, 2.45) is 5.92 Å². The Bertz CT molecular complexity index is 347. The molecule has 2 rings (SSSR count). The standard InChI is InChI=1S/C12H20N2O4/c1-7(6-18-2)13-12(17)14-8-3-4-10(14)9(5-8)11(15)16/h7-10H,3-6H2,1-2H3,(H,13,17)(H,15,16). The molecule has 6 heteroatoms. The number of ether oxygens (including phenoxy) is 1. The van der Waals surface area contributed by atoms with Crippen molar-refractivity contribution >= 4 is 12.0 Å². The zero-order valence-electron chi connectivity index (χ0n) is 10.8. The molecule has 0 aromatic rings. The number of methoxy groups -OCH3 is 1. The fourth-order valence-electron chi connectivity index (χ4n) is 3.15. The second kappa shape index (κ2) is 5.14. The van der Waals surface area contributed by atoms with Gasteiger partial charge >= 0.3 is 12.0 Å². The van der Waals surface area contributed by atoms with Crippen LogP contribution in [-0.2, 0) is 9.53 Å². The van der Waals surface area contributed by atoms with Gasteiger partial charge in [-0.3, -0.25) is 4.79 Å². The summed E-state index contributed by atoms with van der Waals surface area (Å²) >= 11 is 0. The maximum absolute atomic E-state index is 12.1. The number of aliphatic carboxylic acids is 1. The molecule has 6 nitrogen and oxygen atoms in total. The highest BCUT2D eigenvalue weighted by Gasteiger charge is 2.51. The van der Waals surface area contributed by atoms with E-state index < -0.39 is 11.9 Å². The Hall–Kier alpha value is -1.30. The molecule has 2 aliphatic heterocycles. The second-order valence-corrected chi connectivity index (χ2v) is 5.19. The summed E-state index contributed by atoms with van der Waals surface area (Å²) in [7, 11) is 1.59. The highest BCUT2D eigenvalue weighted by molar-refractivity contribution is 5.79. The van der Waals surface area contributed by atoms with Gasteiger partial charge in [-0.2, -0.15) is 0 Å². The van der Waals surface area contributed by atoms with Crippen molar-refractivity contribution in [3.05, 3.63) is 0 Å². The summed E-state index contributed by atoms with van der Waals surface area (Å²) < 4.78 is 4.97. The van der Waals surface area contributed by atoms with Crippen LogP contribution in [0.4, 0.5) is 4.79 Å². The zero-order valence-corrected chi connectivity index (χ0v) is 10.8. The molecule has 0 saturated carbocycles. The third-order valence-electron chi connectivity index (χ3n) is 3.88. The third-order valence-corrected chi connectivity index (χ3v) is 3.88. The van der Waals surface area contributed by atoms with Crippen molar-refractivity contribution < 1.29 is 19.4 Å². The molecule has 0 spiro atoms. The molecular weight excluding hydrogens is 236 g/mol. The first-order chi connectivity index (χ1) is 8.54. The summed E-state index contributed by atoms with van der Waals surface area (Å²) in [5, 5.41) is 12.0. The number of carbonyl (C=O) groups excluding carboxylic acids is 1. The highest BCUT2D eigenvalue weighted by atomic mass is 16.5. The number of amides is 2. The lowest BCUT2D eigenvalue weighted by atomic mass is 9.89. The largest absolute Gasteiger partial charge is 0.481 e. The molecule has 0 aliphatic carbocycles. The average Bonchev–Trinajstić information content (AvgIpc) is 2.85.